The zero-order valence-corrected chi connectivity index (χ0v) is 10.5. The number of hydrogen-bond donors (Lipinski definition) is 3. The molecule has 2 atom stereocenters. The lowest BCUT2D eigenvalue weighted by Crippen LogP contribution is -2.23. The summed E-state index contributed by atoms with van der Waals surface area (Å²) in [5.41, 5.74) is 11.3. The molecule has 0 saturated heterocycles. The zero-order chi connectivity index (χ0) is 16.0. The first-order valence-corrected chi connectivity index (χ1v) is 5.19. The first-order chi connectivity index (χ1) is 9.40. The number of aromatic hydroxyl groups is 1. The highest BCUT2D eigenvalue weighted by Crippen LogP contribution is 2.10. The Morgan fingerprint density at radius 2 is 1.39 bits per heavy atom. The molecule has 0 unspecified atom stereocenters. The van der Waals surface area contributed by atoms with Gasteiger partial charge in [-0.2, -0.15) is 0 Å². The van der Waals surface area contributed by atoms with Crippen molar-refractivity contribution in [3.05, 3.63) is 29.8 Å². The maximum Gasteiger partial charge on any atom is 0.137 e. The van der Waals surface area contributed by atoms with Crippen molar-refractivity contribution in [2.45, 2.75) is 69.9 Å². The summed E-state index contributed by atoms with van der Waals surface area (Å²) in [7, 11) is -0.250. The zero-order valence-electron chi connectivity index (χ0n) is 12.5. The lowest BCUT2D eigenvalue weighted by atomic mass is 10.1. The Kier molecular flexibility index (Phi) is 36.2. The molecule has 5 nitrogen and oxygen atoms in total. The van der Waals surface area contributed by atoms with Crippen molar-refractivity contribution in [2.24, 2.45) is 11.5 Å². The third kappa shape index (κ3) is 25.6. The normalized spacial score (nSPS) is 10.4. The largest absolute Gasteiger partial charge is 0.508 e. The molecule has 5 heteroatoms. The first kappa shape index (κ1) is 33.0. The topological polar surface area (TPSA) is 106 Å². The maximum atomic E-state index is 10.2. The van der Waals surface area contributed by atoms with Crippen LogP contribution in [0.15, 0.2) is 24.3 Å². The van der Waals surface area contributed by atoms with E-state index in [0.717, 1.165) is 5.56 Å². The van der Waals surface area contributed by atoms with Gasteiger partial charge in [0.25, 0.3) is 0 Å². The lowest BCUT2D eigenvalue weighted by molar-refractivity contribution is -0.109. The highest BCUT2D eigenvalue weighted by atomic mass is 16.3. The summed E-state index contributed by atoms with van der Waals surface area (Å²) < 4.78 is 11.8. The predicted molar refractivity (Wildman–Crippen MR) is 106 cm³/mol. The number of nitrogens with two attached hydrogens (primary N) is 2. The van der Waals surface area contributed by atoms with E-state index in [1.54, 1.807) is 31.2 Å². The second kappa shape index (κ2) is 25.2. The Bertz CT molecular complexity index is 362. The number of hydrogen-bond acceptors (Lipinski definition) is 5. The van der Waals surface area contributed by atoms with Crippen molar-refractivity contribution in [3.8, 4) is 5.75 Å². The molecule has 0 amide bonds. The molecule has 5 N–H and O–H groups in total. The van der Waals surface area contributed by atoms with Crippen LogP contribution < -0.4 is 11.5 Å². The summed E-state index contributed by atoms with van der Waals surface area (Å²) in [6.45, 7) is 1.63. The minimum atomic E-state index is -0.449. The Morgan fingerprint density at radius 3 is 1.65 bits per heavy atom. The van der Waals surface area contributed by atoms with E-state index in [4.69, 9.17) is 19.3 Å². The van der Waals surface area contributed by atoms with E-state index < -0.39 is 6.04 Å². The van der Waals surface area contributed by atoms with Gasteiger partial charge in [-0.25, -0.2) is 0 Å². The maximum absolute atomic E-state index is 10.2. The van der Waals surface area contributed by atoms with Gasteiger partial charge in [-0.1, -0.05) is 56.6 Å². The van der Waals surface area contributed by atoms with E-state index in [0.29, 0.717) is 19.0 Å². The van der Waals surface area contributed by atoms with Gasteiger partial charge in [0.05, 0.1) is 12.1 Å². The van der Waals surface area contributed by atoms with Gasteiger partial charge in [-0.3, -0.25) is 0 Å². The number of aldehydes is 2. The number of carbonyl (C=O) groups excluding carboxylic acids is 2. The van der Waals surface area contributed by atoms with Crippen LogP contribution in [0.2, 0.25) is 0 Å². The first-order valence-electron chi connectivity index (χ1n) is 6.60. The van der Waals surface area contributed by atoms with Crippen molar-refractivity contribution >= 4 is 12.6 Å². The predicted octanol–water partition coefficient (Wildman–Crippen LogP) is 3.81. The Balaban J connectivity index is -0.0000000437. The van der Waals surface area contributed by atoms with Gasteiger partial charge in [0, 0.05) is 2.74 Å². The fourth-order valence-corrected chi connectivity index (χ4v) is 0.952. The average molecular weight is 339 g/mol. The second-order valence-corrected chi connectivity index (χ2v) is 3.67. The van der Waals surface area contributed by atoms with Crippen molar-refractivity contribution in [2.75, 3.05) is 0 Å². The Morgan fingerprint density at radius 1 is 1.04 bits per heavy atom. The molecule has 1 aromatic rings. The quantitative estimate of drug-likeness (QED) is 0.724. The third-order valence-corrected chi connectivity index (χ3v) is 1.80. The van der Waals surface area contributed by atoms with Gasteiger partial charge >= 0.3 is 0 Å². The summed E-state index contributed by atoms with van der Waals surface area (Å²) in [6, 6.07) is 5.90. The highest BCUT2D eigenvalue weighted by Gasteiger charge is 2.00. The Hall–Kier alpha value is -1.72. The summed E-state index contributed by atoms with van der Waals surface area (Å²) >= 11 is 0. The van der Waals surface area contributed by atoms with Crippen LogP contribution in [0.5, 0.6) is 5.75 Å². The second-order valence-electron chi connectivity index (χ2n) is 3.67. The molecule has 0 fully saturated rings. The molecule has 0 aromatic heterocycles. The summed E-state index contributed by atoms with van der Waals surface area (Å²) in [5.74, 6) is 0.221. The van der Waals surface area contributed by atoms with E-state index in [9.17, 15) is 9.59 Å². The van der Waals surface area contributed by atoms with Gasteiger partial charge < -0.3 is 26.2 Å². The van der Waals surface area contributed by atoms with Gasteiger partial charge in [0.1, 0.15) is 18.3 Å². The lowest BCUT2D eigenvalue weighted by Gasteiger charge is -2.03. The third-order valence-electron chi connectivity index (χ3n) is 1.80. The minimum absolute atomic E-state index is 0. The van der Waals surface area contributed by atoms with Crippen molar-refractivity contribution in [1.82, 2.24) is 0 Å². The van der Waals surface area contributed by atoms with Crippen LogP contribution in [-0.2, 0) is 16.0 Å². The van der Waals surface area contributed by atoms with Crippen LogP contribution in [0.3, 0.4) is 0 Å². The fourth-order valence-electron chi connectivity index (χ4n) is 0.952. The molecule has 23 heavy (non-hydrogen) atoms. The van der Waals surface area contributed by atoms with Gasteiger partial charge in [-0.05, 0) is 31.0 Å². The molecular weight excluding hydrogens is 292 g/mol. The Labute approximate surface area is 147 Å². The van der Waals surface area contributed by atoms with E-state index in [-0.39, 0.29) is 56.3 Å². The molecule has 0 radical (unpaired) electrons. The van der Waals surface area contributed by atoms with E-state index >= 15 is 0 Å². The molecule has 1 aromatic carbocycles. The molecule has 1 rings (SSSR count). The van der Waals surface area contributed by atoms with Crippen molar-refractivity contribution in [1.29, 1.82) is 0 Å². The van der Waals surface area contributed by atoms with Crippen LogP contribution in [0.25, 0.3) is 0 Å². The number of phenols is 1. The van der Waals surface area contributed by atoms with E-state index in [1.165, 1.54) is 0 Å². The van der Waals surface area contributed by atoms with Gasteiger partial charge in [0.2, 0.25) is 0 Å². The van der Waals surface area contributed by atoms with Crippen LogP contribution in [-0.4, -0.2) is 29.8 Å². The van der Waals surface area contributed by atoms with Gasteiger partial charge in [-0.15, -0.1) is 0 Å². The molecule has 0 saturated carbocycles. The number of rotatable bonds is 4. The molecule has 0 bridgehead atoms. The molecule has 0 aliphatic rings. The number of benzene rings is 1. The summed E-state index contributed by atoms with van der Waals surface area (Å²) in [6.07, 6.45) is 1.93. The monoisotopic (exact) mass is 338 g/mol. The van der Waals surface area contributed by atoms with Crippen LogP contribution in [0, 0.1) is 0 Å². The summed E-state index contributed by atoms with van der Waals surface area (Å²) in [5, 5.41) is 8.95. The van der Waals surface area contributed by atoms with Crippen LogP contribution in [0.1, 0.15) is 59.7 Å². The number of phenolic OH excluding ortho intramolecular Hbond substituents is 1. The summed E-state index contributed by atoms with van der Waals surface area (Å²) in [4.78, 5) is 19.6. The van der Waals surface area contributed by atoms with Crippen molar-refractivity contribution < 1.29 is 17.4 Å². The standard InChI is InChI=1S/C9H11NO2.C3H7NO.6CH4/c10-8(6-11)5-7-1-3-9(12)4-2-7;1-3(4)2-5;;;;;;/h1-4,6,8,12H,5,10H2;2-3H,4H2,1H3;6*1H4/t8-;3-;;;;;;/m11....../s1/i;;1T2;;;;;. The molecular formula is C18H42N2O3. The SMILES string of the molecule is C.C.C.C.C.C[C@@H](N)C=O.N[C@@H](C=O)Cc1ccc(O)cc1.[3H]C[3H]. The van der Waals surface area contributed by atoms with E-state index in [2.05, 4.69) is 0 Å². The molecule has 0 heterocycles. The minimum Gasteiger partial charge on any atom is -0.508 e. The van der Waals surface area contributed by atoms with Crippen molar-refractivity contribution in [3.63, 3.8) is 0 Å². The average Bonchev–Trinajstić information content (AvgIpc) is 2.42. The fraction of sp³-hybridized carbons (Fsp3) is 0.556. The van der Waals surface area contributed by atoms with Crippen LogP contribution in [0.4, 0.5) is 0 Å². The van der Waals surface area contributed by atoms with E-state index in [1.807, 2.05) is 0 Å². The highest BCUT2D eigenvalue weighted by molar-refractivity contribution is 5.57. The molecule has 0 aliphatic carbocycles. The smallest absolute Gasteiger partial charge is 0.137 e. The molecule has 0 aliphatic heterocycles. The molecule has 0 spiro atoms. The number of carbonyl (C=O) groups is 2. The molecule has 142 valence electrons. The van der Waals surface area contributed by atoms with Gasteiger partial charge in [0.15, 0.2) is 0 Å². The van der Waals surface area contributed by atoms with Crippen LogP contribution >= 0.6 is 0 Å².